The van der Waals surface area contributed by atoms with E-state index in [1.54, 1.807) is 12.1 Å². The fourth-order valence-electron chi connectivity index (χ4n) is 3.13. The zero-order chi connectivity index (χ0) is 17.2. The van der Waals surface area contributed by atoms with Crippen LogP contribution in [0.2, 0.25) is 0 Å². The van der Waals surface area contributed by atoms with Crippen LogP contribution in [-0.4, -0.2) is 39.2 Å². The van der Waals surface area contributed by atoms with Gasteiger partial charge in [0, 0.05) is 18.5 Å². The summed E-state index contributed by atoms with van der Waals surface area (Å²) in [4.78, 5) is 2.78. The van der Waals surface area contributed by atoms with E-state index in [2.05, 4.69) is 10.2 Å². The van der Waals surface area contributed by atoms with E-state index in [9.17, 15) is 8.42 Å². The van der Waals surface area contributed by atoms with E-state index in [0.29, 0.717) is 4.90 Å². The number of likely N-dealkylation sites (tertiary alicyclic amines) is 1. The molecule has 1 aromatic carbocycles. The molecule has 6 heteroatoms. The van der Waals surface area contributed by atoms with Gasteiger partial charge in [-0.05, 0) is 69.3 Å². The molecule has 0 amide bonds. The lowest BCUT2D eigenvalue weighted by molar-refractivity contribution is 0.223. The molecule has 1 fully saturated rings. The third kappa shape index (κ3) is 3.99. The molecule has 1 N–H and O–H groups in total. The Balaban J connectivity index is 1.71. The lowest BCUT2D eigenvalue weighted by Crippen LogP contribution is -2.30. The molecule has 1 aliphatic heterocycles. The molecule has 1 aromatic heterocycles. The molecule has 24 heavy (non-hydrogen) atoms. The average Bonchev–Trinajstić information content (AvgIpc) is 3.19. The largest absolute Gasteiger partial charge is 0.465 e. The minimum atomic E-state index is -3.16. The van der Waals surface area contributed by atoms with Gasteiger partial charge in [0.15, 0.2) is 9.84 Å². The van der Waals surface area contributed by atoms with Gasteiger partial charge in [-0.15, -0.1) is 0 Å². The van der Waals surface area contributed by atoms with Gasteiger partial charge in [0.1, 0.15) is 11.5 Å². The highest BCUT2D eigenvalue weighted by Gasteiger charge is 2.25. The number of benzene rings is 1. The highest BCUT2D eigenvalue weighted by atomic mass is 32.2. The van der Waals surface area contributed by atoms with E-state index >= 15 is 0 Å². The maximum atomic E-state index is 11.5. The van der Waals surface area contributed by atoms with Crippen LogP contribution in [0.15, 0.2) is 45.7 Å². The third-order valence-corrected chi connectivity index (χ3v) is 5.58. The Hall–Kier alpha value is -1.79. The Morgan fingerprint density at radius 3 is 2.33 bits per heavy atom. The lowest BCUT2D eigenvalue weighted by Gasteiger charge is -2.26. The summed E-state index contributed by atoms with van der Waals surface area (Å²) in [7, 11) is -3.16. The highest BCUT2D eigenvalue weighted by molar-refractivity contribution is 7.90. The molecular formula is C18H24N2O3S. The topological polar surface area (TPSA) is 62.6 Å². The fraction of sp³-hybridized carbons (Fsp3) is 0.444. The first-order valence-electron chi connectivity index (χ1n) is 8.28. The average molecular weight is 348 g/mol. The number of rotatable bonds is 6. The van der Waals surface area contributed by atoms with Gasteiger partial charge in [-0.2, -0.15) is 0 Å². The summed E-state index contributed by atoms with van der Waals surface area (Å²) in [5.74, 6) is 1.90. The van der Waals surface area contributed by atoms with Gasteiger partial charge in [0.2, 0.25) is 0 Å². The van der Waals surface area contributed by atoms with Crippen LogP contribution < -0.4 is 5.32 Å². The first kappa shape index (κ1) is 17.0. The molecule has 1 saturated heterocycles. The summed E-state index contributed by atoms with van der Waals surface area (Å²) in [6.07, 6.45) is 3.66. The quantitative estimate of drug-likeness (QED) is 0.868. The van der Waals surface area contributed by atoms with Crippen LogP contribution in [-0.2, 0) is 9.84 Å². The molecule has 130 valence electrons. The van der Waals surface area contributed by atoms with E-state index < -0.39 is 9.84 Å². The van der Waals surface area contributed by atoms with Crippen molar-refractivity contribution in [3.05, 3.63) is 47.9 Å². The molecule has 2 heterocycles. The fourth-order valence-corrected chi connectivity index (χ4v) is 3.76. The molecule has 0 spiro atoms. The lowest BCUT2D eigenvalue weighted by atomic mass is 10.2. The molecule has 0 saturated carbocycles. The molecule has 3 rings (SSSR count). The van der Waals surface area contributed by atoms with Gasteiger partial charge in [0.05, 0.1) is 10.9 Å². The van der Waals surface area contributed by atoms with Gasteiger partial charge in [0.25, 0.3) is 0 Å². The van der Waals surface area contributed by atoms with Crippen molar-refractivity contribution >= 4 is 15.5 Å². The van der Waals surface area contributed by atoms with Crippen LogP contribution in [0.4, 0.5) is 5.69 Å². The van der Waals surface area contributed by atoms with E-state index in [1.165, 1.54) is 19.1 Å². The zero-order valence-electron chi connectivity index (χ0n) is 14.2. The molecule has 0 aliphatic carbocycles. The maximum absolute atomic E-state index is 11.5. The van der Waals surface area contributed by atoms with Crippen LogP contribution >= 0.6 is 0 Å². The van der Waals surface area contributed by atoms with E-state index in [1.807, 2.05) is 31.2 Å². The molecule has 0 radical (unpaired) electrons. The molecule has 1 aliphatic rings. The Kier molecular flexibility index (Phi) is 4.96. The van der Waals surface area contributed by atoms with Crippen molar-refractivity contribution in [3.63, 3.8) is 0 Å². The molecule has 1 atom stereocenters. The normalized spacial score (nSPS) is 17.1. The summed E-state index contributed by atoms with van der Waals surface area (Å²) >= 11 is 0. The van der Waals surface area contributed by atoms with Crippen molar-refractivity contribution in [1.29, 1.82) is 0 Å². The minimum Gasteiger partial charge on any atom is -0.465 e. The first-order valence-corrected chi connectivity index (χ1v) is 10.2. The van der Waals surface area contributed by atoms with Crippen molar-refractivity contribution in [2.75, 3.05) is 31.2 Å². The number of sulfone groups is 1. The van der Waals surface area contributed by atoms with E-state index in [0.717, 1.165) is 36.8 Å². The van der Waals surface area contributed by atoms with Crippen LogP contribution in [0.25, 0.3) is 0 Å². The van der Waals surface area contributed by atoms with Crippen molar-refractivity contribution in [2.45, 2.75) is 30.7 Å². The molecular weight excluding hydrogens is 324 g/mol. The van der Waals surface area contributed by atoms with Crippen molar-refractivity contribution in [1.82, 2.24) is 4.90 Å². The van der Waals surface area contributed by atoms with Crippen LogP contribution in [0.1, 0.15) is 30.4 Å². The Bertz CT molecular complexity index is 775. The van der Waals surface area contributed by atoms with Crippen LogP contribution in [0.3, 0.4) is 0 Å². The Morgan fingerprint density at radius 1 is 1.12 bits per heavy atom. The monoisotopic (exact) mass is 348 g/mol. The summed E-state index contributed by atoms with van der Waals surface area (Å²) in [6.45, 7) is 4.85. The molecule has 2 aromatic rings. The van der Waals surface area contributed by atoms with Crippen LogP contribution in [0, 0.1) is 6.92 Å². The minimum absolute atomic E-state index is 0.191. The van der Waals surface area contributed by atoms with Gasteiger partial charge >= 0.3 is 0 Å². The molecule has 5 nitrogen and oxygen atoms in total. The van der Waals surface area contributed by atoms with Crippen molar-refractivity contribution in [2.24, 2.45) is 0 Å². The van der Waals surface area contributed by atoms with Crippen molar-refractivity contribution in [3.8, 4) is 0 Å². The summed E-state index contributed by atoms with van der Waals surface area (Å²) < 4.78 is 28.9. The second-order valence-electron chi connectivity index (χ2n) is 6.38. The standard InChI is InChI=1S/C18H24N2O3S/c1-14-5-10-18(23-14)17(20-11-3-4-12-20)13-19-15-6-8-16(9-7-15)24(2,21)22/h5-10,17,19H,3-4,11-13H2,1-2H3/t17-/m1/s1. The number of nitrogens with zero attached hydrogens (tertiary/aromatic N) is 1. The van der Waals surface area contributed by atoms with Crippen molar-refractivity contribution < 1.29 is 12.8 Å². The summed E-state index contributed by atoms with van der Waals surface area (Å²) in [6, 6.07) is 11.1. The SMILES string of the molecule is Cc1ccc([C@@H](CNc2ccc(S(C)(=O)=O)cc2)N2CCCC2)o1. The first-order chi connectivity index (χ1) is 11.4. The predicted octanol–water partition coefficient (Wildman–Crippen LogP) is 3.24. The molecule has 0 bridgehead atoms. The molecule has 0 unspecified atom stereocenters. The van der Waals surface area contributed by atoms with Crippen LogP contribution in [0.5, 0.6) is 0 Å². The zero-order valence-corrected chi connectivity index (χ0v) is 15.0. The summed E-state index contributed by atoms with van der Waals surface area (Å²) in [5, 5.41) is 3.41. The number of aryl methyl sites for hydroxylation is 1. The van der Waals surface area contributed by atoms with Gasteiger partial charge < -0.3 is 9.73 Å². The Morgan fingerprint density at radius 2 is 1.79 bits per heavy atom. The Labute approximate surface area is 143 Å². The maximum Gasteiger partial charge on any atom is 0.175 e. The smallest absolute Gasteiger partial charge is 0.175 e. The second-order valence-corrected chi connectivity index (χ2v) is 8.40. The number of nitrogens with one attached hydrogen (secondary N) is 1. The van der Waals surface area contributed by atoms with Gasteiger partial charge in [-0.3, -0.25) is 4.90 Å². The van der Waals surface area contributed by atoms with E-state index in [-0.39, 0.29) is 6.04 Å². The summed E-state index contributed by atoms with van der Waals surface area (Å²) in [5.41, 5.74) is 0.912. The number of hydrogen-bond acceptors (Lipinski definition) is 5. The van der Waals surface area contributed by atoms with E-state index in [4.69, 9.17) is 4.42 Å². The highest BCUT2D eigenvalue weighted by Crippen LogP contribution is 2.27. The number of anilines is 1. The van der Waals surface area contributed by atoms with Gasteiger partial charge in [-0.25, -0.2) is 8.42 Å². The number of hydrogen-bond donors (Lipinski definition) is 1. The third-order valence-electron chi connectivity index (χ3n) is 4.45. The predicted molar refractivity (Wildman–Crippen MR) is 95.0 cm³/mol. The number of furan rings is 1. The second kappa shape index (κ2) is 6.99. The van der Waals surface area contributed by atoms with Gasteiger partial charge in [-0.1, -0.05) is 0 Å².